The molecule has 1 saturated heterocycles. The highest BCUT2D eigenvalue weighted by Crippen LogP contribution is 2.50. The van der Waals surface area contributed by atoms with Crippen LogP contribution < -0.4 is 4.74 Å². The van der Waals surface area contributed by atoms with Crippen LogP contribution in [0.25, 0.3) is 11.3 Å². The Balaban J connectivity index is 0.000000649. The van der Waals surface area contributed by atoms with Gasteiger partial charge in [-0.2, -0.15) is 13.2 Å². The van der Waals surface area contributed by atoms with E-state index in [-0.39, 0.29) is 28.5 Å². The number of halogens is 4. The largest absolute Gasteiger partial charge is 0.497 e. The van der Waals surface area contributed by atoms with E-state index in [9.17, 15) is 23.1 Å². The number of rotatable bonds is 7. The van der Waals surface area contributed by atoms with Crippen LogP contribution in [0.4, 0.5) is 13.2 Å². The van der Waals surface area contributed by atoms with E-state index >= 15 is 0 Å². The second-order valence-electron chi connectivity index (χ2n) is 8.83. The highest BCUT2D eigenvalue weighted by Gasteiger charge is 2.59. The van der Waals surface area contributed by atoms with E-state index in [1.165, 1.54) is 56.6 Å². The van der Waals surface area contributed by atoms with Gasteiger partial charge in [-0.15, -0.1) is 0 Å². The van der Waals surface area contributed by atoms with E-state index in [0.29, 0.717) is 16.9 Å². The predicted octanol–water partition coefficient (Wildman–Crippen LogP) is 6.17. The Kier molecular flexibility index (Phi) is 10.9. The van der Waals surface area contributed by atoms with Gasteiger partial charge in [0.1, 0.15) is 5.75 Å². The number of carbonyl (C=O) groups excluding carboxylic acids is 1. The highest BCUT2D eigenvalue weighted by atomic mass is 35.5. The molecule has 1 N–H and O–H groups in total. The number of methoxy groups -OCH3 is 1. The van der Waals surface area contributed by atoms with Crippen molar-refractivity contribution < 1.29 is 42.0 Å². The molecule has 7 nitrogen and oxygen atoms in total. The van der Waals surface area contributed by atoms with Gasteiger partial charge in [0.05, 0.1) is 51.4 Å². The van der Waals surface area contributed by atoms with E-state index in [0.717, 1.165) is 32.5 Å². The van der Waals surface area contributed by atoms with E-state index in [2.05, 4.69) is 4.98 Å². The quantitative estimate of drug-likeness (QED) is 0.334. The summed E-state index contributed by atoms with van der Waals surface area (Å²) in [6.45, 7) is 6.27. The lowest BCUT2D eigenvalue weighted by Gasteiger charge is -2.37. The monoisotopic (exact) mass is 581 g/mol. The molecule has 3 aromatic rings. The molecule has 2 unspecified atom stereocenters. The molecule has 0 saturated carbocycles. The Morgan fingerprint density at radius 2 is 1.68 bits per heavy atom. The summed E-state index contributed by atoms with van der Waals surface area (Å²) in [5.74, 6) is -1.58. The Morgan fingerprint density at radius 3 is 2.17 bits per heavy atom. The summed E-state index contributed by atoms with van der Waals surface area (Å²) in [7, 11) is 1.42. The van der Waals surface area contributed by atoms with E-state index < -0.39 is 23.7 Å². The average Bonchev–Trinajstić information content (AvgIpc) is 2.97. The van der Waals surface area contributed by atoms with Crippen LogP contribution in [-0.2, 0) is 19.8 Å². The van der Waals surface area contributed by atoms with Crippen molar-refractivity contribution in [3.63, 3.8) is 0 Å². The summed E-state index contributed by atoms with van der Waals surface area (Å²) in [5, 5.41) is 11.2. The number of hydrogen-bond acceptors (Lipinski definition) is 7. The Bertz CT molecular complexity index is 1260. The smallest absolute Gasteiger partial charge is 0.422 e. The molecule has 0 aliphatic carbocycles. The zero-order valence-corrected chi connectivity index (χ0v) is 23.1. The summed E-state index contributed by atoms with van der Waals surface area (Å²) in [4.78, 5) is 16.0. The fourth-order valence-corrected chi connectivity index (χ4v) is 4.46. The van der Waals surface area contributed by atoms with Crippen LogP contribution >= 0.6 is 11.6 Å². The predicted molar refractivity (Wildman–Crippen MR) is 144 cm³/mol. The lowest BCUT2D eigenvalue weighted by molar-refractivity contribution is -0.274. The van der Waals surface area contributed by atoms with E-state index in [1.807, 2.05) is 0 Å². The van der Waals surface area contributed by atoms with Crippen molar-refractivity contribution in [2.24, 2.45) is 0 Å². The molecule has 1 fully saturated rings. The fourth-order valence-electron chi connectivity index (χ4n) is 4.13. The van der Waals surface area contributed by atoms with Crippen LogP contribution in [0.5, 0.6) is 5.75 Å². The van der Waals surface area contributed by atoms with E-state index in [1.54, 1.807) is 19.1 Å². The number of alkyl halides is 3. The summed E-state index contributed by atoms with van der Waals surface area (Å²) in [5.41, 5.74) is -2.57. The van der Waals surface area contributed by atoms with Crippen molar-refractivity contribution in [3.05, 3.63) is 82.5 Å². The second kappa shape index (κ2) is 13.9. The van der Waals surface area contributed by atoms with Gasteiger partial charge in [0.15, 0.2) is 5.60 Å². The highest BCUT2D eigenvalue weighted by molar-refractivity contribution is 6.31. The van der Waals surface area contributed by atoms with Gasteiger partial charge in [-0.1, -0.05) is 36.7 Å². The first-order valence-corrected chi connectivity index (χ1v) is 12.9. The zero-order chi connectivity index (χ0) is 29.3. The minimum atomic E-state index is -5.03. The van der Waals surface area contributed by atoms with Crippen molar-refractivity contribution >= 4 is 17.6 Å². The molecule has 40 heavy (non-hydrogen) atoms. The molecule has 1 aliphatic heterocycles. The van der Waals surface area contributed by atoms with Crippen molar-refractivity contribution in [2.45, 2.75) is 31.5 Å². The molecule has 0 bridgehead atoms. The van der Waals surface area contributed by atoms with Crippen molar-refractivity contribution in [1.29, 1.82) is 0 Å². The van der Waals surface area contributed by atoms with Gasteiger partial charge in [0, 0.05) is 22.7 Å². The molecule has 2 aromatic carbocycles. The number of aliphatic hydroxyl groups is 1. The number of pyridine rings is 1. The molecule has 0 amide bonds. The molecule has 11 heteroatoms. The van der Waals surface area contributed by atoms with Crippen LogP contribution in [0.3, 0.4) is 0 Å². The van der Waals surface area contributed by atoms with Gasteiger partial charge >= 0.3 is 12.1 Å². The third-order valence-corrected chi connectivity index (χ3v) is 6.70. The number of esters is 1. The SMILES string of the molecule is C1COCCO1.CCOC(=O)c1ccc(-c2cc(C(O)(C(C)c3ccc(OC)cc3Cl)C(F)(F)F)ccn2)cc1. The van der Waals surface area contributed by atoms with Crippen molar-refractivity contribution in [3.8, 4) is 17.0 Å². The van der Waals surface area contributed by atoms with Gasteiger partial charge in [0.2, 0.25) is 0 Å². The molecule has 0 spiro atoms. The molecular formula is C29H31ClF3NO6. The number of ether oxygens (including phenoxy) is 4. The molecule has 0 radical (unpaired) electrons. The lowest BCUT2D eigenvalue weighted by Crippen LogP contribution is -2.46. The first kappa shape index (κ1) is 31.3. The summed E-state index contributed by atoms with van der Waals surface area (Å²) in [6, 6.07) is 12.7. The summed E-state index contributed by atoms with van der Waals surface area (Å²) in [6.07, 6.45) is -3.83. The maximum Gasteiger partial charge on any atom is 0.422 e. The van der Waals surface area contributed by atoms with Gasteiger partial charge in [-0.05, 0) is 54.4 Å². The van der Waals surface area contributed by atoms with Crippen LogP contribution in [0, 0.1) is 0 Å². The molecule has 2 atom stereocenters. The minimum Gasteiger partial charge on any atom is -0.497 e. The first-order chi connectivity index (χ1) is 19.0. The second-order valence-corrected chi connectivity index (χ2v) is 9.23. The zero-order valence-electron chi connectivity index (χ0n) is 22.3. The first-order valence-electron chi connectivity index (χ1n) is 12.5. The van der Waals surface area contributed by atoms with E-state index in [4.69, 9.17) is 30.5 Å². The molecule has 216 valence electrons. The molecule has 2 heterocycles. The number of nitrogens with zero attached hydrogens (tertiary/aromatic N) is 1. The van der Waals surface area contributed by atoms with Gasteiger partial charge in [-0.25, -0.2) is 4.79 Å². The van der Waals surface area contributed by atoms with Crippen LogP contribution in [0.15, 0.2) is 60.8 Å². The number of benzene rings is 2. The minimum absolute atomic E-state index is 0.0401. The van der Waals surface area contributed by atoms with Crippen LogP contribution in [-0.4, -0.2) is 62.4 Å². The van der Waals surface area contributed by atoms with Gasteiger partial charge in [-0.3, -0.25) is 4.98 Å². The molecule has 1 aliphatic rings. The Labute approximate surface area is 235 Å². The standard InChI is InChI=1S/C25H23ClF3NO4.C4H8O2/c1-4-34-23(31)17-7-5-16(6-8-17)22-13-18(11-12-30-22)24(32,25(27,28)29)15(2)20-10-9-19(33-3)14-21(20)26;1-2-6-4-3-5-1/h5-15,32H,4H2,1-3H3;1-4H2. The fraction of sp³-hybridized carbons (Fsp3) is 0.379. The lowest BCUT2D eigenvalue weighted by atomic mass is 9.77. The van der Waals surface area contributed by atoms with Crippen molar-refractivity contribution in [2.75, 3.05) is 40.1 Å². The maximum absolute atomic E-state index is 14.4. The maximum atomic E-state index is 14.4. The van der Waals surface area contributed by atoms with Crippen LogP contribution in [0.2, 0.25) is 5.02 Å². The average molecular weight is 582 g/mol. The molecule has 1 aromatic heterocycles. The normalized spacial score (nSPS) is 15.7. The third kappa shape index (κ3) is 7.31. The summed E-state index contributed by atoms with van der Waals surface area (Å²) < 4.78 is 63.0. The third-order valence-electron chi connectivity index (χ3n) is 6.37. The molecular weight excluding hydrogens is 551 g/mol. The van der Waals surface area contributed by atoms with Gasteiger partial charge in [0.25, 0.3) is 0 Å². The number of hydrogen-bond donors (Lipinski definition) is 1. The number of carbonyl (C=O) groups is 1. The molecule has 4 rings (SSSR count). The van der Waals surface area contributed by atoms with Gasteiger partial charge < -0.3 is 24.1 Å². The summed E-state index contributed by atoms with van der Waals surface area (Å²) >= 11 is 6.23. The Morgan fingerprint density at radius 1 is 1.05 bits per heavy atom. The Hall–Kier alpha value is -3.18. The number of aromatic nitrogens is 1. The van der Waals surface area contributed by atoms with Crippen LogP contribution in [0.1, 0.15) is 41.3 Å². The van der Waals surface area contributed by atoms with Crippen molar-refractivity contribution in [1.82, 2.24) is 4.98 Å². The topological polar surface area (TPSA) is 87.1 Å².